The largest absolute Gasteiger partial charge is 0.456 e. The Morgan fingerprint density at radius 2 is 1.41 bits per heavy atom. The Kier molecular flexibility index (Phi) is 6.00. The summed E-state index contributed by atoms with van der Waals surface area (Å²) in [7, 11) is 4.06. The molecular formula is C36H38N2O3. The molecule has 210 valence electrons. The minimum atomic E-state index is -1.11. The monoisotopic (exact) mass is 546 g/mol. The van der Waals surface area contributed by atoms with Crippen LogP contribution in [-0.2, 0) is 21.2 Å². The molecule has 0 amide bonds. The molecule has 0 aromatic heterocycles. The van der Waals surface area contributed by atoms with Gasteiger partial charge in [0.2, 0.25) is 0 Å². The first kappa shape index (κ1) is 26.9. The van der Waals surface area contributed by atoms with Crippen molar-refractivity contribution in [2.45, 2.75) is 58.0 Å². The van der Waals surface area contributed by atoms with Gasteiger partial charge in [-0.1, -0.05) is 65.8 Å². The predicted molar refractivity (Wildman–Crippen MR) is 166 cm³/mol. The number of benzene rings is 4. The van der Waals surface area contributed by atoms with Gasteiger partial charge in [-0.15, -0.1) is 0 Å². The number of rotatable bonds is 3. The molecule has 2 aliphatic heterocycles. The van der Waals surface area contributed by atoms with E-state index in [1.54, 1.807) is 0 Å². The molecule has 0 saturated heterocycles. The SMILES string of the molecule is CN(C)c1ccc(Nc2ccc3c(c2)Oc2c(C(C)(C)C)cc(C(C)(C)C)cc2C32OC(=O)c3ccccc32)cc1. The smallest absolute Gasteiger partial charge is 0.340 e. The van der Waals surface area contributed by atoms with Crippen molar-refractivity contribution in [3.8, 4) is 11.5 Å². The molecule has 4 aromatic rings. The van der Waals surface area contributed by atoms with E-state index < -0.39 is 5.60 Å². The van der Waals surface area contributed by atoms with Gasteiger partial charge >= 0.3 is 5.97 Å². The minimum Gasteiger partial charge on any atom is -0.456 e. The van der Waals surface area contributed by atoms with Crippen LogP contribution >= 0.6 is 0 Å². The Balaban J connectivity index is 1.58. The highest BCUT2D eigenvalue weighted by molar-refractivity contribution is 5.97. The van der Waals surface area contributed by atoms with E-state index in [0.717, 1.165) is 45.1 Å². The van der Waals surface area contributed by atoms with Gasteiger partial charge < -0.3 is 19.7 Å². The highest BCUT2D eigenvalue weighted by atomic mass is 16.6. The van der Waals surface area contributed by atoms with Crippen LogP contribution in [0.15, 0.2) is 78.9 Å². The highest BCUT2D eigenvalue weighted by Gasteiger charge is 2.54. The van der Waals surface area contributed by atoms with Gasteiger partial charge in [-0.05, 0) is 64.9 Å². The number of hydrogen-bond donors (Lipinski definition) is 1. The Hall–Kier alpha value is -4.25. The number of hydrogen-bond acceptors (Lipinski definition) is 5. The summed E-state index contributed by atoms with van der Waals surface area (Å²) < 4.78 is 13.3. The van der Waals surface area contributed by atoms with Gasteiger partial charge in [-0.25, -0.2) is 4.79 Å². The van der Waals surface area contributed by atoms with Gasteiger partial charge in [0, 0.05) is 59.5 Å². The molecule has 2 aliphatic rings. The van der Waals surface area contributed by atoms with Gasteiger partial charge in [0.1, 0.15) is 11.5 Å². The molecule has 1 atom stereocenters. The molecule has 2 heterocycles. The first-order chi connectivity index (χ1) is 19.3. The van der Waals surface area contributed by atoms with Crippen LogP contribution < -0.4 is 15.0 Å². The molecule has 0 fully saturated rings. The molecule has 1 unspecified atom stereocenters. The van der Waals surface area contributed by atoms with Gasteiger partial charge in [0.05, 0.1) is 5.56 Å². The summed E-state index contributed by atoms with van der Waals surface area (Å²) in [6, 6.07) is 26.5. The fraction of sp³-hybridized carbons (Fsp3) is 0.306. The number of anilines is 3. The second-order valence-electron chi connectivity index (χ2n) is 13.4. The first-order valence-corrected chi connectivity index (χ1v) is 14.2. The standard InChI is InChI=1S/C36H38N2O3/c1-34(2,3)22-19-29(35(4,5)6)32-30(20-22)36(27-12-10-9-11-26(27)33(39)41-36)28-18-15-24(21-31(28)40-32)37-23-13-16-25(17-14-23)38(7)8/h9-21,37H,1-8H3. The molecule has 6 rings (SSSR count). The van der Waals surface area contributed by atoms with Crippen LogP contribution in [-0.4, -0.2) is 20.1 Å². The zero-order valence-electron chi connectivity index (χ0n) is 25.2. The van der Waals surface area contributed by atoms with Gasteiger partial charge in [0.15, 0.2) is 5.60 Å². The Bertz CT molecular complexity index is 1670. The number of nitrogens with one attached hydrogen (secondary N) is 1. The van der Waals surface area contributed by atoms with E-state index in [-0.39, 0.29) is 16.8 Å². The molecular weight excluding hydrogens is 508 g/mol. The summed E-state index contributed by atoms with van der Waals surface area (Å²) in [6.07, 6.45) is 0. The molecule has 0 aliphatic carbocycles. The van der Waals surface area contributed by atoms with Gasteiger partial charge in [0.25, 0.3) is 0 Å². The lowest BCUT2D eigenvalue weighted by Gasteiger charge is -2.40. The zero-order valence-corrected chi connectivity index (χ0v) is 25.2. The average molecular weight is 547 g/mol. The van der Waals surface area contributed by atoms with Crippen molar-refractivity contribution in [2.24, 2.45) is 0 Å². The number of esters is 1. The van der Waals surface area contributed by atoms with Crippen LogP contribution in [0.2, 0.25) is 0 Å². The number of carbonyl (C=O) groups excluding carboxylic acids is 1. The molecule has 5 heteroatoms. The van der Waals surface area contributed by atoms with Crippen molar-refractivity contribution in [3.05, 3.63) is 112 Å². The topological polar surface area (TPSA) is 50.8 Å². The average Bonchev–Trinajstić information content (AvgIpc) is 3.20. The van der Waals surface area contributed by atoms with Crippen LogP contribution in [0.1, 0.15) is 79.7 Å². The second kappa shape index (κ2) is 9.13. The molecule has 1 N–H and O–H groups in total. The van der Waals surface area contributed by atoms with Crippen LogP contribution in [0, 0.1) is 0 Å². The van der Waals surface area contributed by atoms with E-state index in [1.165, 1.54) is 5.56 Å². The van der Waals surface area contributed by atoms with Crippen molar-refractivity contribution in [1.82, 2.24) is 0 Å². The van der Waals surface area contributed by atoms with Crippen molar-refractivity contribution in [2.75, 3.05) is 24.3 Å². The fourth-order valence-electron chi connectivity index (χ4n) is 5.85. The third-order valence-corrected chi connectivity index (χ3v) is 8.16. The maximum absolute atomic E-state index is 13.4. The quantitative estimate of drug-likeness (QED) is 0.261. The zero-order chi connectivity index (χ0) is 29.3. The van der Waals surface area contributed by atoms with E-state index in [2.05, 4.69) is 88.2 Å². The lowest BCUT2D eigenvalue weighted by Crippen LogP contribution is -2.35. The summed E-state index contributed by atoms with van der Waals surface area (Å²) in [5.74, 6) is 1.11. The summed E-state index contributed by atoms with van der Waals surface area (Å²) in [4.78, 5) is 15.5. The third kappa shape index (κ3) is 4.35. The van der Waals surface area contributed by atoms with E-state index in [9.17, 15) is 4.79 Å². The minimum absolute atomic E-state index is 0.117. The van der Waals surface area contributed by atoms with Crippen molar-refractivity contribution >= 4 is 23.0 Å². The molecule has 0 radical (unpaired) electrons. The van der Waals surface area contributed by atoms with E-state index >= 15 is 0 Å². The highest BCUT2D eigenvalue weighted by Crippen LogP contribution is 2.59. The van der Waals surface area contributed by atoms with Crippen LogP contribution in [0.25, 0.3) is 0 Å². The number of nitrogens with zero attached hydrogens (tertiary/aromatic N) is 1. The van der Waals surface area contributed by atoms with Gasteiger partial charge in [-0.2, -0.15) is 0 Å². The summed E-state index contributed by atoms with van der Waals surface area (Å²) in [5, 5.41) is 3.52. The van der Waals surface area contributed by atoms with Crippen molar-refractivity contribution in [1.29, 1.82) is 0 Å². The van der Waals surface area contributed by atoms with Gasteiger partial charge in [-0.3, -0.25) is 0 Å². The third-order valence-electron chi connectivity index (χ3n) is 8.16. The van der Waals surface area contributed by atoms with Crippen molar-refractivity contribution in [3.63, 3.8) is 0 Å². The molecule has 41 heavy (non-hydrogen) atoms. The van der Waals surface area contributed by atoms with Crippen molar-refractivity contribution < 1.29 is 14.3 Å². The summed E-state index contributed by atoms with van der Waals surface area (Å²) in [6.45, 7) is 13.2. The lowest BCUT2D eigenvalue weighted by atomic mass is 9.72. The Morgan fingerprint density at radius 1 is 0.732 bits per heavy atom. The molecule has 5 nitrogen and oxygen atoms in total. The molecule has 0 bridgehead atoms. The summed E-state index contributed by atoms with van der Waals surface area (Å²) in [5.41, 5.74) is 6.96. The normalized spacial score (nSPS) is 17.3. The second-order valence-corrected chi connectivity index (χ2v) is 13.4. The maximum Gasteiger partial charge on any atom is 0.340 e. The first-order valence-electron chi connectivity index (χ1n) is 14.2. The van der Waals surface area contributed by atoms with Crippen LogP contribution in [0.3, 0.4) is 0 Å². The number of fused-ring (bicyclic) bond motifs is 6. The summed E-state index contributed by atoms with van der Waals surface area (Å²) >= 11 is 0. The fourth-order valence-corrected chi connectivity index (χ4v) is 5.85. The maximum atomic E-state index is 13.4. The number of ether oxygens (including phenoxy) is 2. The van der Waals surface area contributed by atoms with E-state index in [0.29, 0.717) is 11.3 Å². The van der Waals surface area contributed by atoms with E-state index in [1.807, 2.05) is 56.6 Å². The Morgan fingerprint density at radius 3 is 2.07 bits per heavy atom. The van der Waals surface area contributed by atoms with Crippen LogP contribution in [0.4, 0.5) is 17.1 Å². The van der Waals surface area contributed by atoms with Crippen LogP contribution in [0.5, 0.6) is 11.5 Å². The van der Waals surface area contributed by atoms with E-state index in [4.69, 9.17) is 9.47 Å². The molecule has 4 aromatic carbocycles. The molecule has 1 spiro atoms. The number of carbonyl (C=O) groups is 1. The predicted octanol–water partition coefficient (Wildman–Crippen LogP) is 8.66. The lowest BCUT2D eigenvalue weighted by molar-refractivity contribution is 0.0223. The Labute approximate surface area is 243 Å². The molecule has 0 saturated carbocycles.